The second-order valence-corrected chi connectivity index (χ2v) is 3.65. The van der Waals surface area contributed by atoms with E-state index >= 15 is 0 Å². The van der Waals surface area contributed by atoms with E-state index in [2.05, 4.69) is 0 Å². The molecule has 1 fully saturated rings. The predicted molar refractivity (Wildman–Crippen MR) is 51.0 cm³/mol. The number of Topliss-reactive ketones (excluding diaryl/α,β-unsaturated/α-hetero) is 1. The lowest BCUT2D eigenvalue weighted by Gasteiger charge is -2.17. The van der Waals surface area contributed by atoms with Crippen LogP contribution in [0.4, 0.5) is 0 Å². The van der Waals surface area contributed by atoms with Crippen LogP contribution in [0.15, 0.2) is 11.6 Å². The van der Waals surface area contributed by atoms with E-state index in [0.717, 1.165) is 12.8 Å². The molecular formula is C11H15NO. The highest BCUT2D eigenvalue weighted by molar-refractivity contribution is 5.97. The summed E-state index contributed by atoms with van der Waals surface area (Å²) in [6, 6.07) is 1.96. The van der Waals surface area contributed by atoms with E-state index in [1.807, 2.05) is 12.1 Å². The summed E-state index contributed by atoms with van der Waals surface area (Å²) >= 11 is 0. The molecule has 70 valence electrons. The minimum Gasteiger partial charge on any atom is -0.294 e. The van der Waals surface area contributed by atoms with Crippen molar-refractivity contribution in [2.45, 2.75) is 39.0 Å². The zero-order valence-electron chi connectivity index (χ0n) is 8.05. The molecule has 1 rings (SSSR count). The smallest absolute Gasteiger partial charge is 0.169 e. The summed E-state index contributed by atoms with van der Waals surface area (Å²) in [5.41, 5.74) is 0.340. The molecule has 0 radical (unpaired) electrons. The number of rotatable bonds is 2. The molecule has 13 heavy (non-hydrogen) atoms. The highest BCUT2D eigenvalue weighted by atomic mass is 16.1. The highest BCUT2D eigenvalue weighted by Gasteiger charge is 2.13. The van der Waals surface area contributed by atoms with Crippen LogP contribution in [-0.2, 0) is 4.79 Å². The Morgan fingerprint density at radius 2 is 2.00 bits per heavy atom. The van der Waals surface area contributed by atoms with Gasteiger partial charge in [-0.05, 0) is 25.7 Å². The van der Waals surface area contributed by atoms with Gasteiger partial charge in [-0.2, -0.15) is 5.26 Å². The number of nitriles is 1. The Balaban J connectivity index is 2.61. The third-order valence-electron chi connectivity index (χ3n) is 2.55. The Morgan fingerprint density at radius 1 is 1.38 bits per heavy atom. The molecule has 0 spiro atoms. The molecule has 0 aliphatic heterocycles. The summed E-state index contributed by atoms with van der Waals surface area (Å²) in [6.45, 7) is 1.46. The van der Waals surface area contributed by atoms with Crippen LogP contribution in [0, 0.1) is 17.2 Å². The maximum absolute atomic E-state index is 11.0. The van der Waals surface area contributed by atoms with E-state index in [9.17, 15) is 4.79 Å². The van der Waals surface area contributed by atoms with Crippen molar-refractivity contribution in [1.82, 2.24) is 0 Å². The number of hydrogen-bond acceptors (Lipinski definition) is 2. The molecule has 0 amide bonds. The zero-order chi connectivity index (χ0) is 9.68. The van der Waals surface area contributed by atoms with Crippen LogP contribution in [0.3, 0.4) is 0 Å². The maximum atomic E-state index is 11.0. The van der Waals surface area contributed by atoms with E-state index < -0.39 is 0 Å². The van der Waals surface area contributed by atoms with Gasteiger partial charge in [-0.3, -0.25) is 4.79 Å². The topological polar surface area (TPSA) is 40.9 Å². The van der Waals surface area contributed by atoms with Crippen LogP contribution in [0.2, 0.25) is 0 Å². The second-order valence-electron chi connectivity index (χ2n) is 3.65. The van der Waals surface area contributed by atoms with Gasteiger partial charge in [0.25, 0.3) is 0 Å². The Bertz CT molecular complexity index is 254. The Kier molecular flexibility index (Phi) is 3.70. The van der Waals surface area contributed by atoms with Gasteiger partial charge in [0, 0.05) is 0 Å². The Hall–Kier alpha value is -1.10. The molecule has 0 unspecified atom stereocenters. The summed E-state index contributed by atoms with van der Waals surface area (Å²) < 4.78 is 0. The fraction of sp³-hybridized carbons (Fsp3) is 0.636. The van der Waals surface area contributed by atoms with E-state index in [4.69, 9.17) is 5.26 Å². The van der Waals surface area contributed by atoms with Crippen molar-refractivity contribution < 1.29 is 4.79 Å². The quantitative estimate of drug-likeness (QED) is 0.480. The first-order valence-electron chi connectivity index (χ1n) is 4.87. The number of hydrogen-bond donors (Lipinski definition) is 0. The van der Waals surface area contributed by atoms with Crippen LogP contribution in [0.1, 0.15) is 39.0 Å². The van der Waals surface area contributed by atoms with Gasteiger partial charge in [-0.15, -0.1) is 0 Å². The second kappa shape index (κ2) is 4.81. The van der Waals surface area contributed by atoms with Gasteiger partial charge in [-0.25, -0.2) is 0 Å². The van der Waals surface area contributed by atoms with Crippen molar-refractivity contribution in [2.24, 2.45) is 5.92 Å². The van der Waals surface area contributed by atoms with Crippen LogP contribution >= 0.6 is 0 Å². The zero-order valence-corrected chi connectivity index (χ0v) is 8.05. The van der Waals surface area contributed by atoms with Gasteiger partial charge < -0.3 is 0 Å². The van der Waals surface area contributed by atoms with Crippen molar-refractivity contribution in [2.75, 3.05) is 0 Å². The summed E-state index contributed by atoms with van der Waals surface area (Å²) in [5, 5.41) is 8.69. The fourth-order valence-electron chi connectivity index (χ4n) is 1.77. The molecule has 0 N–H and O–H groups in total. The summed E-state index contributed by atoms with van der Waals surface area (Å²) in [5.74, 6) is 0.361. The van der Waals surface area contributed by atoms with Gasteiger partial charge >= 0.3 is 0 Å². The predicted octanol–water partition coefficient (Wildman–Crippen LogP) is 2.61. The first kappa shape index (κ1) is 9.98. The molecule has 0 bridgehead atoms. The molecule has 0 saturated heterocycles. The van der Waals surface area contributed by atoms with Crippen molar-refractivity contribution in [3.05, 3.63) is 11.6 Å². The minimum absolute atomic E-state index is 0.104. The number of ketones is 1. The number of carbonyl (C=O) groups excluding carboxylic acids is 1. The molecule has 0 heterocycles. The van der Waals surface area contributed by atoms with Crippen LogP contribution in [0.5, 0.6) is 0 Å². The highest BCUT2D eigenvalue weighted by Crippen LogP contribution is 2.25. The van der Waals surface area contributed by atoms with Gasteiger partial charge in [-0.1, -0.05) is 25.3 Å². The van der Waals surface area contributed by atoms with Crippen molar-refractivity contribution in [3.63, 3.8) is 0 Å². The largest absolute Gasteiger partial charge is 0.294 e. The molecule has 0 atom stereocenters. The average molecular weight is 177 g/mol. The van der Waals surface area contributed by atoms with Gasteiger partial charge in [0.15, 0.2) is 5.78 Å². The van der Waals surface area contributed by atoms with Gasteiger partial charge in [0.05, 0.1) is 5.57 Å². The standard InChI is InChI=1S/C11H15NO/c1-9(13)11(8-12)7-10-5-3-2-4-6-10/h7,10H,2-6H2,1H3/b11-7+. The lowest BCUT2D eigenvalue weighted by Crippen LogP contribution is -2.05. The van der Waals surface area contributed by atoms with E-state index in [0.29, 0.717) is 11.5 Å². The van der Waals surface area contributed by atoms with Crippen LogP contribution in [0.25, 0.3) is 0 Å². The third-order valence-corrected chi connectivity index (χ3v) is 2.55. The van der Waals surface area contributed by atoms with E-state index in [1.54, 1.807) is 0 Å². The van der Waals surface area contributed by atoms with E-state index in [1.165, 1.54) is 26.2 Å². The minimum atomic E-state index is -0.104. The van der Waals surface area contributed by atoms with Crippen molar-refractivity contribution in [1.29, 1.82) is 5.26 Å². The summed E-state index contributed by atoms with van der Waals surface area (Å²) in [7, 11) is 0. The van der Waals surface area contributed by atoms with Gasteiger partial charge in [0.2, 0.25) is 0 Å². The normalized spacial score (nSPS) is 19.5. The first-order chi connectivity index (χ1) is 6.24. The molecule has 0 aromatic heterocycles. The SMILES string of the molecule is CC(=O)/C(C#N)=C/C1CCCCC1. The lowest BCUT2D eigenvalue weighted by molar-refractivity contribution is -0.113. The maximum Gasteiger partial charge on any atom is 0.169 e. The summed E-state index contributed by atoms with van der Waals surface area (Å²) in [6.07, 6.45) is 7.90. The molecular weight excluding hydrogens is 162 g/mol. The molecule has 2 heteroatoms. The molecule has 2 nitrogen and oxygen atoms in total. The molecule has 0 aromatic carbocycles. The number of nitrogens with zero attached hydrogens (tertiary/aromatic N) is 1. The monoisotopic (exact) mass is 177 g/mol. The van der Waals surface area contributed by atoms with Crippen LogP contribution in [-0.4, -0.2) is 5.78 Å². The molecule has 1 saturated carbocycles. The average Bonchev–Trinajstić information content (AvgIpc) is 2.15. The molecule has 1 aliphatic rings. The fourth-order valence-corrected chi connectivity index (χ4v) is 1.77. The Morgan fingerprint density at radius 3 is 2.46 bits per heavy atom. The van der Waals surface area contributed by atoms with Crippen molar-refractivity contribution in [3.8, 4) is 6.07 Å². The third kappa shape index (κ3) is 3.02. The van der Waals surface area contributed by atoms with Gasteiger partial charge in [0.1, 0.15) is 6.07 Å². The number of allylic oxidation sites excluding steroid dienone is 2. The molecule has 0 aromatic rings. The number of carbonyl (C=O) groups is 1. The summed E-state index contributed by atoms with van der Waals surface area (Å²) in [4.78, 5) is 11.0. The lowest BCUT2D eigenvalue weighted by atomic mass is 9.87. The Labute approximate surface area is 79.2 Å². The first-order valence-corrected chi connectivity index (χ1v) is 4.87. The molecule has 1 aliphatic carbocycles. The van der Waals surface area contributed by atoms with Crippen molar-refractivity contribution >= 4 is 5.78 Å². The van der Waals surface area contributed by atoms with Crippen LogP contribution < -0.4 is 0 Å². The van der Waals surface area contributed by atoms with E-state index in [-0.39, 0.29) is 5.78 Å².